The average Bonchev–Trinajstić information content (AvgIpc) is 2.85. The lowest BCUT2D eigenvalue weighted by Crippen LogP contribution is -2.38. The summed E-state index contributed by atoms with van der Waals surface area (Å²) in [4.78, 5) is 35.5. The molecule has 0 spiro atoms. The molecule has 3 atom stereocenters. The number of amides is 2. The zero-order chi connectivity index (χ0) is 24.6. The number of likely N-dealkylation sites (tertiary alicyclic amines) is 1. The summed E-state index contributed by atoms with van der Waals surface area (Å²) < 4.78 is 11.7. The highest BCUT2D eigenvalue weighted by molar-refractivity contribution is 9.09. The molecule has 3 aliphatic rings. The average molecular weight is 520 g/mol. The minimum atomic E-state index is -0.736. The summed E-state index contributed by atoms with van der Waals surface area (Å²) in [6, 6.07) is 0. The zero-order valence-electron chi connectivity index (χ0n) is 20.5. The van der Waals surface area contributed by atoms with Crippen molar-refractivity contribution in [3.63, 3.8) is 0 Å². The van der Waals surface area contributed by atoms with Crippen molar-refractivity contribution in [3.8, 4) is 0 Å². The van der Waals surface area contributed by atoms with E-state index in [0.717, 1.165) is 11.1 Å². The molecule has 1 fully saturated rings. The van der Waals surface area contributed by atoms with Crippen molar-refractivity contribution in [2.24, 2.45) is 20.8 Å². The molecule has 180 valence electrons. The number of rotatable bonds is 2. The molecule has 0 aliphatic carbocycles. The van der Waals surface area contributed by atoms with Gasteiger partial charge in [0, 0.05) is 30.2 Å². The van der Waals surface area contributed by atoms with Gasteiger partial charge in [-0.05, 0) is 28.6 Å². The number of carbonyl (C=O) groups is 2. The van der Waals surface area contributed by atoms with Gasteiger partial charge in [0.1, 0.15) is 0 Å². The van der Waals surface area contributed by atoms with Gasteiger partial charge in [-0.1, -0.05) is 69.1 Å². The number of carbonyl (C=O) groups excluding carboxylic acids is 2. The molecule has 0 N–H and O–H groups in total. The standard InChI is InChI=1S/C25H34BrN3O4/c1-24(2,3)15-8-9-19(32-7)28-20(12-15)33-21-14-17(26)16(25(4,5)6)13-18(27-21)29-22(30)10-11-23(29)31/h8-9,12-13,17-18,20H,10-11,14H2,1-7H3/t17-,18-,20?/m0/s1. The van der Waals surface area contributed by atoms with Gasteiger partial charge in [0.2, 0.25) is 23.9 Å². The highest BCUT2D eigenvalue weighted by Gasteiger charge is 2.38. The van der Waals surface area contributed by atoms with E-state index in [2.05, 4.69) is 62.5 Å². The number of methoxy groups -OCH3 is 1. The van der Waals surface area contributed by atoms with E-state index in [1.54, 1.807) is 7.11 Å². The number of imide groups is 1. The van der Waals surface area contributed by atoms with Gasteiger partial charge in [0.15, 0.2) is 12.1 Å². The second-order valence-electron chi connectivity index (χ2n) is 10.5. The normalized spacial score (nSPS) is 26.8. The monoisotopic (exact) mass is 519 g/mol. The van der Waals surface area contributed by atoms with Crippen LogP contribution in [0.1, 0.15) is 60.8 Å². The van der Waals surface area contributed by atoms with Crippen molar-refractivity contribution in [3.05, 3.63) is 35.5 Å². The summed E-state index contributed by atoms with van der Waals surface area (Å²) in [5, 5.41) is 0. The molecule has 0 saturated carbocycles. The molecule has 0 bridgehead atoms. The van der Waals surface area contributed by atoms with Crippen molar-refractivity contribution < 1.29 is 19.1 Å². The first-order valence-corrected chi connectivity index (χ1v) is 12.2. The van der Waals surface area contributed by atoms with Gasteiger partial charge in [0.25, 0.3) is 0 Å². The molecule has 0 aromatic carbocycles. The third-order valence-electron chi connectivity index (χ3n) is 5.83. The molecule has 2 amide bonds. The Hall–Kier alpha value is -2.22. The van der Waals surface area contributed by atoms with Gasteiger partial charge in [-0.25, -0.2) is 9.98 Å². The van der Waals surface area contributed by atoms with E-state index >= 15 is 0 Å². The fourth-order valence-corrected chi connectivity index (χ4v) is 5.10. The van der Waals surface area contributed by atoms with Crippen molar-refractivity contribution in [1.82, 2.24) is 4.90 Å². The lowest BCUT2D eigenvalue weighted by Gasteiger charge is -2.28. The molecule has 0 radical (unpaired) electrons. The SMILES string of the molecule is COC1=NC(OC2=N[C@@H](N3C(=O)CCC3=O)C=C(C(C)(C)C)[C@@H](Br)C2)C=C(C(C)(C)C)C=C1. The highest BCUT2D eigenvalue weighted by Crippen LogP contribution is 2.37. The van der Waals surface area contributed by atoms with E-state index in [-0.39, 0.29) is 40.3 Å². The molecule has 0 aromatic heterocycles. The molecule has 0 aromatic rings. The topological polar surface area (TPSA) is 80.6 Å². The van der Waals surface area contributed by atoms with Gasteiger partial charge in [-0.3, -0.25) is 14.5 Å². The van der Waals surface area contributed by atoms with Crippen LogP contribution in [0.5, 0.6) is 0 Å². The number of aliphatic imine (C=N–C) groups is 2. The first kappa shape index (κ1) is 25.4. The van der Waals surface area contributed by atoms with Crippen LogP contribution in [-0.2, 0) is 19.1 Å². The van der Waals surface area contributed by atoms with Crippen LogP contribution in [0.4, 0.5) is 0 Å². The number of nitrogens with zero attached hydrogens (tertiary/aromatic N) is 3. The second kappa shape index (κ2) is 9.57. The van der Waals surface area contributed by atoms with Gasteiger partial charge in [-0.2, -0.15) is 0 Å². The summed E-state index contributed by atoms with van der Waals surface area (Å²) >= 11 is 3.79. The van der Waals surface area contributed by atoms with Gasteiger partial charge >= 0.3 is 0 Å². The third-order valence-corrected chi connectivity index (χ3v) is 6.65. The molecule has 33 heavy (non-hydrogen) atoms. The Balaban J connectivity index is 1.99. The van der Waals surface area contributed by atoms with E-state index in [4.69, 9.17) is 14.5 Å². The molecule has 3 aliphatic heterocycles. The summed E-state index contributed by atoms with van der Waals surface area (Å²) in [7, 11) is 1.57. The first-order chi connectivity index (χ1) is 15.3. The Bertz CT molecular complexity index is 947. The van der Waals surface area contributed by atoms with Crippen molar-refractivity contribution in [2.75, 3.05) is 7.11 Å². The lowest BCUT2D eigenvalue weighted by molar-refractivity contribution is -0.139. The maximum atomic E-state index is 12.5. The lowest BCUT2D eigenvalue weighted by atomic mass is 9.83. The largest absolute Gasteiger partial charge is 0.481 e. The van der Waals surface area contributed by atoms with Gasteiger partial charge < -0.3 is 9.47 Å². The molecular weight excluding hydrogens is 486 g/mol. The number of alkyl halides is 1. The van der Waals surface area contributed by atoms with Crippen LogP contribution in [-0.4, -0.2) is 52.8 Å². The van der Waals surface area contributed by atoms with Crippen LogP contribution in [0, 0.1) is 10.8 Å². The minimum Gasteiger partial charge on any atom is -0.481 e. The predicted octanol–water partition coefficient (Wildman–Crippen LogP) is 4.93. The van der Waals surface area contributed by atoms with Crippen LogP contribution in [0.25, 0.3) is 0 Å². The summed E-state index contributed by atoms with van der Waals surface area (Å²) in [5.74, 6) is 0.466. The number of halogens is 1. The molecular formula is C25H34BrN3O4. The number of hydrogen-bond donors (Lipinski definition) is 0. The first-order valence-electron chi connectivity index (χ1n) is 11.3. The van der Waals surface area contributed by atoms with Crippen LogP contribution in [0.2, 0.25) is 0 Å². The van der Waals surface area contributed by atoms with Crippen LogP contribution >= 0.6 is 15.9 Å². The van der Waals surface area contributed by atoms with Crippen LogP contribution in [0.15, 0.2) is 45.4 Å². The van der Waals surface area contributed by atoms with E-state index < -0.39 is 12.4 Å². The van der Waals surface area contributed by atoms with E-state index in [1.165, 1.54) is 4.90 Å². The Morgan fingerprint density at radius 2 is 1.61 bits per heavy atom. The van der Waals surface area contributed by atoms with Crippen LogP contribution < -0.4 is 0 Å². The number of ether oxygens (including phenoxy) is 2. The zero-order valence-corrected chi connectivity index (χ0v) is 22.1. The van der Waals surface area contributed by atoms with E-state index in [0.29, 0.717) is 18.2 Å². The van der Waals surface area contributed by atoms with Crippen LogP contribution in [0.3, 0.4) is 0 Å². The Kier molecular flexibility index (Phi) is 7.36. The maximum Gasteiger partial charge on any atom is 0.231 e. The predicted molar refractivity (Wildman–Crippen MR) is 133 cm³/mol. The maximum absolute atomic E-state index is 12.5. The van der Waals surface area contributed by atoms with Crippen molar-refractivity contribution in [1.29, 1.82) is 0 Å². The van der Waals surface area contributed by atoms with Gasteiger partial charge in [-0.15, -0.1) is 0 Å². The fourth-order valence-electron chi connectivity index (χ4n) is 3.98. The second-order valence-corrected chi connectivity index (χ2v) is 11.6. The minimum absolute atomic E-state index is 0.0603. The highest BCUT2D eigenvalue weighted by atomic mass is 79.9. The molecule has 3 rings (SSSR count). The Morgan fingerprint density at radius 1 is 0.970 bits per heavy atom. The van der Waals surface area contributed by atoms with E-state index in [9.17, 15) is 9.59 Å². The molecule has 1 saturated heterocycles. The van der Waals surface area contributed by atoms with Crippen molar-refractivity contribution >= 4 is 39.5 Å². The fraction of sp³-hybridized carbons (Fsp3) is 0.600. The molecule has 1 unspecified atom stereocenters. The third kappa shape index (κ3) is 6.02. The van der Waals surface area contributed by atoms with E-state index in [1.807, 2.05) is 24.3 Å². The smallest absolute Gasteiger partial charge is 0.231 e. The summed E-state index contributed by atoms with van der Waals surface area (Å²) in [6.07, 6.45) is 7.20. The number of allylic oxidation sites excluding steroid dienone is 3. The quantitative estimate of drug-likeness (QED) is 0.294. The van der Waals surface area contributed by atoms with Gasteiger partial charge in [0.05, 0.1) is 7.11 Å². The molecule has 3 heterocycles. The Morgan fingerprint density at radius 3 is 2.15 bits per heavy atom. The summed E-state index contributed by atoms with van der Waals surface area (Å²) in [6.45, 7) is 12.7. The molecule has 8 heteroatoms. The summed E-state index contributed by atoms with van der Waals surface area (Å²) in [5.41, 5.74) is 1.83. The number of hydrogen-bond acceptors (Lipinski definition) is 6. The molecule has 7 nitrogen and oxygen atoms in total. The Labute approximate surface area is 204 Å². The van der Waals surface area contributed by atoms with Crippen molar-refractivity contribution in [2.45, 2.75) is 78.0 Å².